The molecule has 0 N–H and O–H groups in total. The van der Waals surface area contributed by atoms with Crippen LogP contribution in [0.4, 0.5) is 0 Å². The van der Waals surface area contributed by atoms with Crippen molar-refractivity contribution in [2.75, 3.05) is 52.5 Å². The fourth-order valence-electron chi connectivity index (χ4n) is 3.18. The van der Waals surface area contributed by atoms with E-state index in [1.807, 2.05) is 20.8 Å². The molecule has 0 unspecified atom stereocenters. The van der Waals surface area contributed by atoms with Crippen molar-refractivity contribution in [3.8, 4) is 0 Å². The molecule has 0 saturated heterocycles. The molecule has 0 aliphatic carbocycles. The van der Waals surface area contributed by atoms with E-state index in [0.717, 1.165) is 38.6 Å². The van der Waals surface area contributed by atoms with Crippen LogP contribution in [0.1, 0.15) is 41.0 Å². The highest BCUT2D eigenvalue weighted by atomic mass is 28.4. The third kappa shape index (κ3) is 10.2. The molecule has 0 saturated carbocycles. The Morgan fingerprint density at radius 3 is 1.56 bits per heavy atom. The minimum absolute atomic E-state index is 0.658. The Hall–Kier alpha value is 0.234. The van der Waals surface area contributed by atoms with Crippen molar-refractivity contribution < 1.29 is 13.3 Å². The van der Waals surface area contributed by atoms with Crippen LogP contribution in [-0.4, -0.2) is 79.0 Å². The van der Waals surface area contributed by atoms with Crippen LogP contribution in [0.15, 0.2) is 0 Å². The first kappa shape index (κ1) is 25.2. The van der Waals surface area contributed by atoms with E-state index in [0.29, 0.717) is 19.8 Å². The summed E-state index contributed by atoms with van der Waals surface area (Å²) in [6.07, 6.45) is 1.07. The predicted molar refractivity (Wildman–Crippen MR) is 113 cm³/mol. The molecule has 0 bridgehead atoms. The van der Waals surface area contributed by atoms with Crippen LogP contribution < -0.4 is 0 Å². The molecule has 0 aliphatic heterocycles. The standard InChI is InChI=1S/C18H44N2O3Si2/c1-9-19(16-17-20(10-2)24(6,7)8)15-14-18-25(21-11-3,22-12-4)23-13-5/h9-18H2,1-8H3. The SMILES string of the molecule is CCO[Si](CCCN(CC)CCN(CC)[Si](C)(C)C)(OCC)OCC. The van der Waals surface area contributed by atoms with Crippen molar-refractivity contribution in [3.63, 3.8) is 0 Å². The first-order valence-corrected chi connectivity index (χ1v) is 15.6. The quantitative estimate of drug-likeness (QED) is 0.372. The lowest BCUT2D eigenvalue weighted by atomic mass is 10.4. The number of hydrogen-bond acceptors (Lipinski definition) is 5. The molecule has 0 rings (SSSR count). The maximum absolute atomic E-state index is 5.96. The number of rotatable bonds is 16. The third-order valence-electron chi connectivity index (χ3n) is 4.51. The summed E-state index contributed by atoms with van der Waals surface area (Å²) in [4.78, 5) is 2.55. The van der Waals surface area contributed by atoms with Gasteiger partial charge in [-0.1, -0.05) is 33.5 Å². The molecule has 0 amide bonds. The van der Waals surface area contributed by atoms with Crippen LogP contribution in [0.3, 0.4) is 0 Å². The van der Waals surface area contributed by atoms with Gasteiger partial charge in [-0.3, -0.25) is 0 Å². The Morgan fingerprint density at radius 1 is 0.680 bits per heavy atom. The summed E-state index contributed by atoms with van der Waals surface area (Å²) in [5, 5.41) is 0. The van der Waals surface area contributed by atoms with Gasteiger partial charge in [0, 0.05) is 39.0 Å². The van der Waals surface area contributed by atoms with Gasteiger partial charge in [0.05, 0.1) is 0 Å². The average Bonchev–Trinajstić information content (AvgIpc) is 2.53. The van der Waals surface area contributed by atoms with Gasteiger partial charge < -0.3 is 22.7 Å². The van der Waals surface area contributed by atoms with Crippen molar-refractivity contribution in [3.05, 3.63) is 0 Å². The van der Waals surface area contributed by atoms with E-state index in [1.165, 1.54) is 6.54 Å². The van der Waals surface area contributed by atoms with E-state index in [4.69, 9.17) is 13.3 Å². The minimum atomic E-state index is -2.49. The Kier molecular flexibility index (Phi) is 13.5. The Morgan fingerprint density at radius 2 is 1.20 bits per heavy atom. The maximum atomic E-state index is 5.96. The molecule has 0 heterocycles. The zero-order valence-corrected chi connectivity index (χ0v) is 20.2. The van der Waals surface area contributed by atoms with Gasteiger partial charge in [-0.25, -0.2) is 0 Å². The van der Waals surface area contributed by atoms with E-state index in [2.05, 4.69) is 43.0 Å². The lowest BCUT2D eigenvalue weighted by Crippen LogP contribution is -2.49. The number of nitrogens with zero attached hydrogens (tertiary/aromatic N) is 2. The van der Waals surface area contributed by atoms with Gasteiger partial charge in [0.15, 0.2) is 0 Å². The van der Waals surface area contributed by atoms with Crippen molar-refractivity contribution in [1.82, 2.24) is 9.47 Å². The molecule has 0 aromatic carbocycles. The molecule has 0 aromatic heterocycles. The lowest BCUT2D eigenvalue weighted by Gasteiger charge is -2.35. The first-order chi connectivity index (χ1) is 11.8. The fourth-order valence-corrected chi connectivity index (χ4v) is 7.49. The number of hydrogen-bond donors (Lipinski definition) is 0. The minimum Gasteiger partial charge on any atom is -0.374 e. The smallest absolute Gasteiger partial charge is 0.374 e. The van der Waals surface area contributed by atoms with E-state index in [1.54, 1.807) is 0 Å². The summed E-state index contributed by atoms with van der Waals surface area (Å²) in [6.45, 7) is 25.5. The van der Waals surface area contributed by atoms with Crippen molar-refractivity contribution in [2.24, 2.45) is 0 Å². The van der Waals surface area contributed by atoms with E-state index < -0.39 is 17.0 Å². The normalized spacial score (nSPS) is 13.2. The topological polar surface area (TPSA) is 34.2 Å². The second-order valence-electron chi connectivity index (χ2n) is 7.27. The Bertz CT molecular complexity index is 311. The van der Waals surface area contributed by atoms with E-state index >= 15 is 0 Å². The van der Waals surface area contributed by atoms with Crippen LogP contribution in [0.5, 0.6) is 0 Å². The van der Waals surface area contributed by atoms with E-state index in [9.17, 15) is 0 Å². The summed E-state index contributed by atoms with van der Waals surface area (Å²) in [7, 11) is -3.69. The summed E-state index contributed by atoms with van der Waals surface area (Å²) in [5.74, 6) is 0. The molecule has 0 aromatic rings. The second-order valence-corrected chi connectivity index (χ2v) is 15.0. The Labute approximate surface area is 159 Å². The summed E-state index contributed by atoms with van der Waals surface area (Å²) >= 11 is 0. The van der Waals surface area contributed by atoms with Crippen LogP contribution in [0, 0.1) is 0 Å². The van der Waals surface area contributed by atoms with Gasteiger partial charge in [-0.15, -0.1) is 0 Å². The molecular formula is C18H44N2O3Si2. The van der Waals surface area contributed by atoms with Gasteiger partial charge in [0.2, 0.25) is 0 Å². The first-order valence-electron chi connectivity index (χ1n) is 10.2. The molecule has 152 valence electrons. The van der Waals surface area contributed by atoms with Crippen LogP contribution in [-0.2, 0) is 13.3 Å². The average molecular weight is 393 g/mol. The van der Waals surface area contributed by atoms with Gasteiger partial charge in [-0.2, -0.15) is 0 Å². The highest BCUT2D eigenvalue weighted by Gasteiger charge is 2.39. The van der Waals surface area contributed by atoms with Crippen LogP contribution in [0.2, 0.25) is 25.7 Å². The Balaban J connectivity index is 4.52. The summed E-state index contributed by atoms with van der Waals surface area (Å²) in [5.41, 5.74) is 0. The molecule has 7 heteroatoms. The molecule has 0 fully saturated rings. The molecule has 25 heavy (non-hydrogen) atoms. The van der Waals surface area contributed by atoms with E-state index in [-0.39, 0.29) is 0 Å². The number of likely N-dealkylation sites (N-methyl/N-ethyl adjacent to an activating group) is 2. The highest BCUT2D eigenvalue weighted by molar-refractivity contribution is 6.73. The second kappa shape index (κ2) is 13.4. The highest BCUT2D eigenvalue weighted by Crippen LogP contribution is 2.18. The molecule has 0 aliphatic rings. The molecule has 0 atom stereocenters. The maximum Gasteiger partial charge on any atom is 0.500 e. The predicted octanol–water partition coefficient (Wildman–Crippen LogP) is 3.90. The van der Waals surface area contributed by atoms with Gasteiger partial charge in [0.1, 0.15) is 8.24 Å². The molecule has 0 spiro atoms. The lowest BCUT2D eigenvalue weighted by molar-refractivity contribution is 0.0699. The molecule has 0 radical (unpaired) electrons. The van der Waals surface area contributed by atoms with Crippen molar-refractivity contribution in [2.45, 2.75) is 66.7 Å². The van der Waals surface area contributed by atoms with Crippen LogP contribution in [0.25, 0.3) is 0 Å². The van der Waals surface area contributed by atoms with Crippen LogP contribution >= 0.6 is 0 Å². The largest absolute Gasteiger partial charge is 0.500 e. The summed E-state index contributed by atoms with van der Waals surface area (Å²) < 4.78 is 20.6. The monoisotopic (exact) mass is 392 g/mol. The van der Waals surface area contributed by atoms with Crippen molar-refractivity contribution >= 4 is 17.0 Å². The fraction of sp³-hybridized carbons (Fsp3) is 1.00. The van der Waals surface area contributed by atoms with Gasteiger partial charge in [0.25, 0.3) is 0 Å². The summed E-state index contributed by atoms with van der Waals surface area (Å²) in [6, 6.07) is 0.907. The molecular weight excluding hydrogens is 348 g/mol. The van der Waals surface area contributed by atoms with Crippen molar-refractivity contribution in [1.29, 1.82) is 0 Å². The zero-order valence-electron chi connectivity index (χ0n) is 18.2. The van der Waals surface area contributed by atoms with Gasteiger partial charge in [-0.05, 0) is 46.8 Å². The zero-order chi connectivity index (χ0) is 19.3. The van der Waals surface area contributed by atoms with Gasteiger partial charge >= 0.3 is 8.80 Å². The molecule has 5 nitrogen and oxygen atoms in total. The third-order valence-corrected chi connectivity index (χ3v) is 10.1.